The summed E-state index contributed by atoms with van der Waals surface area (Å²) in [6, 6.07) is 2.93. The van der Waals surface area contributed by atoms with Crippen LogP contribution in [0.2, 0.25) is 0 Å². The fourth-order valence-corrected chi connectivity index (χ4v) is 1.98. The third-order valence-electron chi connectivity index (χ3n) is 2.81. The minimum atomic E-state index is -0.489. The van der Waals surface area contributed by atoms with E-state index >= 15 is 0 Å². The maximum Gasteiger partial charge on any atom is 0.325 e. The summed E-state index contributed by atoms with van der Waals surface area (Å²) in [4.78, 5) is 21.4. The number of halogens is 1. The Labute approximate surface area is 112 Å². The highest BCUT2D eigenvalue weighted by molar-refractivity contribution is 5.74. The van der Waals surface area contributed by atoms with Gasteiger partial charge in [0.1, 0.15) is 18.5 Å². The molecule has 19 heavy (non-hydrogen) atoms. The van der Waals surface area contributed by atoms with Gasteiger partial charge >= 0.3 is 5.97 Å². The van der Waals surface area contributed by atoms with Gasteiger partial charge in [0.05, 0.1) is 0 Å². The second-order valence-corrected chi connectivity index (χ2v) is 4.52. The van der Waals surface area contributed by atoms with Crippen molar-refractivity contribution < 1.29 is 18.7 Å². The Morgan fingerprint density at radius 2 is 2.00 bits per heavy atom. The number of ether oxygens (including phenoxy) is 1. The molecule has 0 heterocycles. The molecule has 0 aliphatic carbocycles. The number of benzene rings is 1. The predicted octanol–water partition coefficient (Wildman–Crippen LogP) is 1.66. The molecule has 0 fully saturated rings. The van der Waals surface area contributed by atoms with Gasteiger partial charge in [-0.05, 0) is 49.6 Å². The van der Waals surface area contributed by atoms with Gasteiger partial charge in [-0.1, -0.05) is 0 Å². The summed E-state index contributed by atoms with van der Waals surface area (Å²) in [7, 11) is 0. The number of aryl methyl sites for hydroxylation is 2. The van der Waals surface area contributed by atoms with E-state index in [1.165, 1.54) is 12.1 Å². The molecule has 0 aliphatic heterocycles. The number of amides is 1. The van der Waals surface area contributed by atoms with E-state index < -0.39 is 5.97 Å². The van der Waals surface area contributed by atoms with Gasteiger partial charge in [0.2, 0.25) is 6.41 Å². The Bertz CT molecular complexity index is 451. The average Bonchev–Trinajstić information content (AvgIpc) is 2.31. The lowest BCUT2D eigenvalue weighted by Gasteiger charge is -2.16. The first-order valence-electron chi connectivity index (χ1n) is 6.06. The van der Waals surface area contributed by atoms with Crippen molar-refractivity contribution in [2.24, 2.45) is 0 Å². The SMILES string of the molecule is Cc1cc(F)cc(C)c1CC(C)OC(=O)CNC=O. The summed E-state index contributed by atoms with van der Waals surface area (Å²) in [5.41, 5.74) is 2.66. The first kappa shape index (κ1) is 15.1. The van der Waals surface area contributed by atoms with Crippen molar-refractivity contribution in [3.05, 3.63) is 34.6 Å². The van der Waals surface area contributed by atoms with Crippen molar-refractivity contribution in [2.75, 3.05) is 6.54 Å². The molecule has 1 atom stereocenters. The molecule has 0 spiro atoms. The van der Waals surface area contributed by atoms with Crippen LogP contribution in [0.25, 0.3) is 0 Å². The summed E-state index contributed by atoms with van der Waals surface area (Å²) < 4.78 is 18.3. The zero-order valence-electron chi connectivity index (χ0n) is 11.3. The molecule has 0 saturated carbocycles. The summed E-state index contributed by atoms with van der Waals surface area (Å²) >= 11 is 0. The number of carbonyl (C=O) groups excluding carboxylic acids is 2. The lowest BCUT2D eigenvalue weighted by atomic mass is 9.97. The maximum absolute atomic E-state index is 13.2. The first-order chi connectivity index (χ1) is 8.93. The van der Waals surface area contributed by atoms with Crippen LogP contribution in [-0.2, 0) is 20.7 Å². The average molecular weight is 267 g/mol. The van der Waals surface area contributed by atoms with E-state index in [1.807, 2.05) is 13.8 Å². The van der Waals surface area contributed by atoms with E-state index in [0.717, 1.165) is 16.7 Å². The van der Waals surface area contributed by atoms with Gasteiger partial charge in [0.25, 0.3) is 0 Å². The first-order valence-corrected chi connectivity index (χ1v) is 6.06. The summed E-state index contributed by atoms with van der Waals surface area (Å²) in [6.07, 6.45) is 0.633. The molecule has 4 nitrogen and oxygen atoms in total. The van der Waals surface area contributed by atoms with Crippen molar-refractivity contribution in [2.45, 2.75) is 33.3 Å². The molecule has 0 aromatic heterocycles. The Hall–Kier alpha value is -1.91. The normalized spacial score (nSPS) is 11.8. The molecule has 1 aromatic rings. The fraction of sp³-hybridized carbons (Fsp3) is 0.429. The maximum atomic E-state index is 13.2. The lowest BCUT2D eigenvalue weighted by Crippen LogP contribution is -2.27. The zero-order chi connectivity index (χ0) is 14.4. The zero-order valence-corrected chi connectivity index (χ0v) is 11.3. The van der Waals surface area contributed by atoms with Gasteiger partial charge in [-0.15, -0.1) is 0 Å². The number of rotatable bonds is 6. The molecule has 1 aromatic carbocycles. The van der Waals surface area contributed by atoms with E-state index in [4.69, 9.17) is 4.74 Å². The molecule has 104 valence electrons. The highest BCUT2D eigenvalue weighted by Gasteiger charge is 2.13. The Kier molecular flexibility index (Phi) is 5.48. The van der Waals surface area contributed by atoms with Crippen molar-refractivity contribution in [1.29, 1.82) is 0 Å². The number of esters is 1. The van der Waals surface area contributed by atoms with Crippen LogP contribution in [0.3, 0.4) is 0 Å². The van der Waals surface area contributed by atoms with Crippen LogP contribution in [0, 0.1) is 19.7 Å². The Morgan fingerprint density at radius 1 is 1.42 bits per heavy atom. The molecule has 1 unspecified atom stereocenters. The topological polar surface area (TPSA) is 55.4 Å². The van der Waals surface area contributed by atoms with Crippen LogP contribution in [0.4, 0.5) is 4.39 Å². The van der Waals surface area contributed by atoms with E-state index in [0.29, 0.717) is 12.8 Å². The van der Waals surface area contributed by atoms with Gasteiger partial charge in [0, 0.05) is 6.42 Å². The largest absolute Gasteiger partial charge is 0.461 e. The highest BCUT2D eigenvalue weighted by atomic mass is 19.1. The standard InChI is InChI=1S/C14H18FNO3/c1-9-4-12(15)5-10(2)13(9)6-11(3)19-14(18)7-16-8-17/h4-5,8,11H,6-7H2,1-3H3,(H,16,17). The number of hydrogen-bond donors (Lipinski definition) is 1. The van der Waals surface area contributed by atoms with Crippen LogP contribution < -0.4 is 5.32 Å². The third kappa shape index (κ3) is 4.69. The molecule has 5 heteroatoms. The minimum absolute atomic E-state index is 0.144. The van der Waals surface area contributed by atoms with E-state index in [9.17, 15) is 14.0 Å². The molecular formula is C14H18FNO3. The number of nitrogens with one attached hydrogen (secondary N) is 1. The Morgan fingerprint density at radius 3 is 2.53 bits per heavy atom. The van der Waals surface area contributed by atoms with Crippen LogP contribution in [0.1, 0.15) is 23.6 Å². The van der Waals surface area contributed by atoms with Gasteiger partial charge in [-0.3, -0.25) is 9.59 Å². The van der Waals surface area contributed by atoms with Crippen LogP contribution >= 0.6 is 0 Å². The number of carbonyl (C=O) groups is 2. The predicted molar refractivity (Wildman–Crippen MR) is 69.2 cm³/mol. The third-order valence-corrected chi connectivity index (χ3v) is 2.81. The monoisotopic (exact) mass is 267 g/mol. The lowest BCUT2D eigenvalue weighted by molar-refractivity contribution is -0.147. The summed E-state index contributed by atoms with van der Waals surface area (Å²) in [5, 5.41) is 2.24. The molecule has 1 N–H and O–H groups in total. The van der Waals surface area contributed by atoms with Gasteiger partial charge in [-0.25, -0.2) is 4.39 Å². The van der Waals surface area contributed by atoms with Crippen molar-refractivity contribution >= 4 is 12.4 Å². The molecule has 0 saturated heterocycles. The van der Waals surface area contributed by atoms with Crippen LogP contribution in [0.5, 0.6) is 0 Å². The van der Waals surface area contributed by atoms with E-state index in [1.54, 1.807) is 6.92 Å². The molecule has 1 rings (SSSR count). The fourth-order valence-electron chi connectivity index (χ4n) is 1.98. The van der Waals surface area contributed by atoms with E-state index in [2.05, 4.69) is 5.32 Å². The summed E-state index contributed by atoms with van der Waals surface area (Å²) in [5.74, 6) is -0.754. The van der Waals surface area contributed by atoms with Crippen molar-refractivity contribution in [3.8, 4) is 0 Å². The smallest absolute Gasteiger partial charge is 0.325 e. The van der Waals surface area contributed by atoms with Crippen molar-refractivity contribution in [1.82, 2.24) is 5.32 Å². The van der Waals surface area contributed by atoms with Crippen molar-refractivity contribution in [3.63, 3.8) is 0 Å². The number of hydrogen-bond acceptors (Lipinski definition) is 3. The van der Waals surface area contributed by atoms with Crippen LogP contribution in [-0.4, -0.2) is 25.0 Å². The summed E-state index contributed by atoms with van der Waals surface area (Å²) in [6.45, 7) is 5.28. The minimum Gasteiger partial charge on any atom is -0.461 e. The highest BCUT2D eigenvalue weighted by Crippen LogP contribution is 2.18. The Balaban J connectivity index is 2.64. The van der Waals surface area contributed by atoms with Gasteiger partial charge < -0.3 is 10.1 Å². The quantitative estimate of drug-likeness (QED) is 0.630. The van der Waals surface area contributed by atoms with Gasteiger partial charge in [0.15, 0.2) is 0 Å². The molecule has 0 aliphatic rings. The molecular weight excluding hydrogens is 249 g/mol. The molecule has 0 radical (unpaired) electrons. The molecule has 1 amide bonds. The van der Waals surface area contributed by atoms with E-state index in [-0.39, 0.29) is 18.5 Å². The second kappa shape index (κ2) is 6.87. The second-order valence-electron chi connectivity index (χ2n) is 4.52. The van der Waals surface area contributed by atoms with Crippen LogP contribution in [0.15, 0.2) is 12.1 Å². The molecule has 0 bridgehead atoms. The van der Waals surface area contributed by atoms with Gasteiger partial charge in [-0.2, -0.15) is 0 Å².